The van der Waals surface area contributed by atoms with Gasteiger partial charge in [0.05, 0.1) is 26.2 Å². The van der Waals surface area contributed by atoms with Crippen molar-refractivity contribution in [1.82, 2.24) is 4.72 Å². The molecule has 0 heterocycles. The Labute approximate surface area is 179 Å². The number of hydrogen-bond donors (Lipinski definition) is 2. The number of anilines is 1. The zero-order chi connectivity index (χ0) is 21.0. The van der Waals surface area contributed by atoms with Gasteiger partial charge in [0.15, 0.2) is 0 Å². The summed E-state index contributed by atoms with van der Waals surface area (Å²) in [6.45, 7) is 0. The summed E-state index contributed by atoms with van der Waals surface area (Å²) >= 11 is 12.0. The van der Waals surface area contributed by atoms with E-state index in [1.165, 1.54) is 6.07 Å². The second-order valence-electron chi connectivity index (χ2n) is 7.01. The van der Waals surface area contributed by atoms with E-state index in [0.717, 1.165) is 56.7 Å². The van der Waals surface area contributed by atoms with Gasteiger partial charge in [0, 0.05) is 6.04 Å². The molecule has 0 bridgehead atoms. The second-order valence-corrected chi connectivity index (χ2v) is 9.51. The fraction of sp³-hybridized carbons (Fsp3) is 0.350. The second kappa shape index (κ2) is 9.43. The zero-order valence-electron chi connectivity index (χ0n) is 15.6. The van der Waals surface area contributed by atoms with Gasteiger partial charge in [-0.15, -0.1) is 0 Å². The van der Waals surface area contributed by atoms with Crippen LogP contribution in [0.2, 0.25) is 10.0 Å². The first-order valence-corrected chi connectivity index (χ1v) is 11.6. The molecule has 0 aliphatic heterocycles. The molecule has 1 saturated carbocycles. The molecule has 3 rings (SSSR count). The van der Waals surface area contributed by atoms with Crippen LogP contribution in [-0.2, 0) is 10.0 Å². The fourth-order valence-corrected chi connectivity index (χ4v) is 5.00. The molecule has 1 aliphatic carbocycles. The molecule has 0 atom stereocenters. The van der Waals surface area contributed by atoms with Crippen LogP contribution in [0.3, 0.4) is 0 Å². The van der Waals surface area contributed by atoms with Crippen LogP contribution < -0.4 is 10.0 Å². The normalized spacial score (nSPS) is 15.7. The first-order valence-electron chi connectivity index (χ1n) is 9.35. The summed E-state index contributed by atoms with van der Waals surface area (Å²) in [5, 5.41) is 2.81. The molecule has 5 nitrogen and oxygen atoms in total. The third-order valence-corrected chi connectivity index (χ3v) is 7.21. The van der Waals surface area contributed by atoms with Gasteiger partial charge in [-0.25, -0.2) is 17.5 Å². The summed E-state index contributed by atoms with van der Waals surface area (Å²) in [7, 11) is -3.88. The van der Waals surface area contributed by atoms with E-state index in [2.05, 4.69) is 10.0 Å². The number of sulfonamides is 1. The standard InChI is InChI=1S/C20H21Cl2FN2O3S/c21-16-8-5-9-18(19(16)22)24-20(26)15-12-14(10-11-17(15)23)29(27,28)25-13-6-3-1-2-4-7-13/h5,8-13,25H,1-4,6-7H2,(H,24,26). The number of carbonyl (C=O) groups excluding carboxylic acids is 1. The molecule has 0 unspecified atom stereocenters. The van der Waals surface area contributed by atoms with Crippen LogP contribution in [0.15, 0.2) is 41.3 Å². The number of benzene rings is 2. The van der Waals surface area contributed by atoms with Gasteiger partial charge in [0.2, 0.25) is 10.0 Å². The average molecular weight is 459 g/mol. The third-order valence-electron chi connectivity index (χ3n) is 4.87. The number of nitrogens with one attached hydrogen (secondary N) is 2. The number of amides is 1. The topological polar surface area (TPSA) is 75.3 Å². The first-order chi connectivity index (χ1) is 13.8. The van der Waals surface area contributed by atoms with Crippen LogP contribution >= 0.6 is 23.2 Å². The minimum Gasteiger partial charge on any atom is -0.320 e. The monoisotopic (exact) mass is 458 g/mol. The zero-order valence-corrected chi connectivity index (χ0v) is 17.9. The number of hydrogen-bond acceptors (Lipinski definition) is 3. The molecule has 2 aromatic rings. The lowest BCUT2D eigenvalue weighted by atomic mass is 10.1. The van der Waals surface area contributed by atoms with Crippen LogP contribution in [0.1, 0.15) is 48.9 Å². The van der Waals surface area contributed by atoms with Gasteiger partial charge in [-0.3, -0.25) is 4.79 Å². The quantitative estimate of drug-likeness (QED) is 0.589. The minimum atomic E-state index is -3.88. The van der Waals surface area contributed by atoms with Crippen molar-refractivity contribution in [1.29, 1.82) is 0 Å². The summed E-state index contributed by atoms with van der Waals surface area (Å²) in [6, 6.07) is 7.63. The first kappa shape index (κ1) is 22.0. The Morgan fingerprint density at radius 3 is 2.41 bits per heavy atom. The molecule has 2 aromatic carbocycles. The van der Waals surface area contributed by atoms with E-state index in [4.69, 9.17) is 23.2 Å². The predicted octanol–water partition coefficient (Wildman–Crippen LogP) is 5.39. The van der Waals surface area contributed by atoms with Crippen LogP contribution in [0.25, 0.3) is 0 Å². The lowest BCUT2D eigenvalue weighted by Gasteiger charge is -2.17. The van der Waals surface area contributed by atoms with Crippen LogP contribution in [0.4, 0.5) is 10.1 Å². The van der Waals surface area contributed by atoms with Gasteiger partial charge >= 0.3 is 0 Å². The van der Waals surface area contributed by atoms with Gasteiger partial charge in [0.1, 0.15) is 5.82 Å². The number of rotatable bonds is 5. The molecule has 0 aromatic heterocycles. The van der Waals surface area contributed by atoms with Crippen LogP contribution in [0.5, 0.6) is 0 Å². The number of halogens is 3. The molecular formula is C20H21Cl2FN2O3S. The highest BCUT2D eigenvalue weighted by Gasteiger charge is 2.24. The molecule has 1 aliphatic rings. The average Bonchev–Trinajstić information content (AvgIpc) is 2.93. The highest BCUT2D eigenvalue weighted by Crippen LogP contribution is 2.30. The van der Waals surface area contributed by atoms with Crippen molar-refractivity contribution in [2.24, 2.45) is 0 Å². The highest BCUT2D eigenvalue weighted by atomic mass is 35.5. The van der Waals surface area contributed by atoms with Gasteiger partial charge in [-0.1, -0.05) is 55.0 Å². The number of carbonyl (C=O) groups is 1. The maximum absolute atomic E-state index is 14.3. The summed E-state index contributed by atoms with van der Waals surface area (Å²) in [5.74, 6) is -1.66. The molecule has 0 radical (unpaired) electrons. The Hall–Kier alpha value is -1.67. The summed E-state index contributed by atoms with van der Waals surface area (Å²) in [6.07, 6.45) is 5.63. The third kappa shape index (κ3) is 5.48. The van der Waals surface area contributed by atoms with Gasteiger partial charge < -0.3 is 5.32 Å². The van der Waals surface area contributed by atoms with Gasteiger partial charge in [-0.05, 0) is 43.2 Å². The summed E-state index contributed by atoms with van der Waals surface area (Å²) < 4.78 is 42.5. The summed E-state index contributed by atoms with van der Waals surface area (Å²) in [5.41, 5.74) is -0.196. The largest absolute Gasteiger partial charge is 0.320 e. The Kier molecular flexibility index (Phi) is 7.16. The smallest absolute Gasteiger partial charge is 0.258 e. The Morgan fingerprint density at radius 1 is 1.03 bits per heavy atom. The van der Waals surface area contributed by atoms with E-state index in [1.54, 1.807) is 12.1 Å². The molecule has 9 heteroatoms. The van der Waals surface area contributed by atoms with E-state index in [1.807, 2.05) is 0 Å². The van der Waals surface area contributed by atoms with Gasteiger partial charge in [-0.2, -0.15) is 0 Å². The molecule has 0 saturated heterocycles. The molecule has 156 valence electrons. The van der Waals surface area contributed by atoms with Crippen molar-refractivity contribution in [3.8, 4) is 0 Å². The molecular weight excluding hydrogens is 438 g/mol. The van der Waals surface area contributed by atoms with Crippen molar-refractivity contribution in [3.63, 3.8) is 0 Å². The fourth-order valence-electron chi connectivity index (χ4n) is 3.32. The van der Waals surface area contributed by atoms with Crippen LogP contribution in [-0.4, -0.2) is 20.4 Å². The highest BCUT2D eigenvalue weighted by molar-refractivity contribution is 7.89. The lowest BCUT2D eigenvalue weighted by Crippen LogP contribution is -2.34. The molecule has 2 N–H and O–H groups in total. The molecule has 1 amide bonds. The SMILES string of the molecule is O=C(Nc1cccc(Cl)c1Cl)c1cc(S(=O)(=O)NC2CCCCCC2)ccc1F. The predicted molar refractivity (Wildman–Crippen MR) is 113 cm³/mol. The van der Waals surface area contributed by atoms with Crippen molar-refractivity contribution in [3.05, 3.63) is 57.8 Å². The maximum Gasteiger partial charge on any atom is 0.258 e. The van der Waals surface area contributed by atoms with E-state index in [0.29, 0.717) is 0 Å². The molecule has 1 fully saturated rings. The summed E-state index contributed by atoms with van der Waals surface area (Å²) in [4.78, 5) is 12.4. The van der Waals surface area contributed by atoms with E-state index in [9.17, 15) is 17.6 Å². The lowest BCUT2D eigenvalue weighted by molar-refractivity contribution is 0.102. The minimum absolute atomic E-state index is 0.113. The van der Waals surface area contributed by atoms with Crippen molar-refractivity contribution in [2.75, 3.05) is 5.32 Å². The van der Waals surface area contributed by atoms with Crippen molar-refractivity contribution >= 4 is 44.8 Å². The Balaban J connectivity index is 1.83. The van der Waals surface area contributed by atoms with Crippen molar-refractivity contribution in [2.45, 2.75) is 49.5 Å². The van der Waals surface area contributed by atoms with Crippen molar-refractivity contribution < 1.29 is 17.6 Å². The maximum atomic E-state index is 14.3. The van der Waals surface area contributed by atoms with Gasteiger partial charge in [0.25, 0.3) is 5.91 Å². The Bertz CT molecular complexity index is 1010. The molecule has 0 spiro atoms. The Morgan fingerprint density at radius 2 is 1.72 bits per heavy atom. The van der Waals surface area contributed by atoms with E-state index in [-0.39, 0.29) is 26.7 Å². The molecule has 29 heavy (non-hydrogen) atoms. The van der Waals surface area contributed by atoms with E-state index >= 15 is 0 Å². The van der Waals surface area contributed by atoms with E-state index < -0.39 is 27.3 Å². The van der Waals surface area contributed by atoms with Crippen LogP contribution in [0, 0.1) is 5.82 Å².